The monoisotopic (exact) mass is 328 g/mol. The van der Waals surface area contributed by atoms with E-state index in [4.69, 9.17) is 9.47 Å². The predicted octanol–water partition coefficient (Wildman–Crippen LogP) is 3.19. The first-order valence-electron chi connectivity index (χ1n) is 8.43. The topological polar surface area (TPSA) is 54.6 Å². The Labute approximate surface area is 142 Å². The summed E-state index contributed by atoms with van der Waals surface area (Å²) in [5.74, 6) is 1.32. The number of H-pyrrole nitrogens is 1. The molecule has 2 aromatic rings. The standard InChI is InChI=1S/C19H24N2O3/c1-14(2)13-24-18-6-4-3-5-16(18)15-11-17(20-12-15)19(22)21-7-9-23-10-8-21/h3-6,11-12,14,20H,7-10,13H2,1-2H3. The molecule has 0 bridgehead atoms. The summed E-state index contributed by atoms with van der Waals surface area (Å²) in [6.45, 7) is 7.40. The summed E-state index contributed by atoms with van der Waals surface area (Å²) < 4.78 is 11.2. The molecular weight excluding hydrogens is 304 g/mol. The van der Waals surface area contributed by atoms with Crippen LogP contribution in [-0.2, 0) is 4.74 Å². The largest absolute Gasteiger partial charge is 0.493 e. The van der Waals surface area contributed by atoms with Crippen LogP contribution >= 0.6 is 0 Å². The third-order valence-electron chi connectivity index (χ3n) is 3.98. The molecule has 0 unspecified atom stereocenters. The number of nitrogens with one attached hydrogen (secondary N) is 1. The molecule has 1 aliphatic heterocycles. The van der Waals surface area contributed by atoms with Crippen molar-refractivity contribution in [1.82, 2.24) is 9.88 Å². The fraction of sp³-hybridized carbons (Fsp3) is 0.421. The highest BCUT2D eigenvalue weighted by atomic mass is 16.5. The zero-order chi connectivity index (χ0) is 16.9. The van der Waals surface area contributed by atoms with Crippen LogP contribution in [-0.4, -0.2) is 48.7 Å². The Morgan fingerprint density at radius 1 is 1.29 bits per heavy atom. The number of hydrogen-bond acceptors (Lipinski definition) is 3. The van der Waals surface area contributed by atoms with E-state index in [0.29, 0.717) is 44.5 Å². The molecule has 1 aromatic carbocycles. The number of ether oxygens (including phenoxy) is 2. The lowest BCUT2D eigenvalue weighted by Gasteiger charge is -2.26. The van der Waals surface area contributed by atoms with Gasteiger partial charge >= 0.3 is 0 Å². The molecule has 0 saturated carbocycles. The third-order valence-corrected chi connectivity index (χ3v) is 3.98. The molecule has 0 atom stereocenters. The Hall–Kier alpha value is -2.27. The molecule has 1 aliphatic rings. The lowest BCUT2D eigenvalue weighted by molar-refractivity contribution is 0.0299. The second-order valence-corrected chi connectivity index (χ2v) is 6.41. The van der Waals surface area contributed by atoms with E-state index < -0.39 is 0 Å². The summed E-state index contributed by atoms with van der Waals surface area (Å²) >= 11 is 0. The summed E-state index contributed by atoms with van der Waals surface area (Å²) in [5, 5.41) is 0. The second-order valence-electron chi connectivity index (χ2n) is 6.41. The number of hydrogen-bond donors (Lipinski definition) is 1. The number of rotatable bonds is 5. The van der Waals surface area contributed by atoms with Crippen molar-refractivity contribution in [2.24, 2.45) is 5.92 Å². The zero-order valence-electron chi connectivity index (χ0n) is 14.2. The van der Waals surface area contributed by atoms with Gasteiger partial charge in [-0.15, -0.1) is 0 Å². The maximum absolute atomic E-state index is 12.6. The maximum atomic E-state index is 12.6. The second kappa shape index (κ2) is 7.53. The van der Waals surface area contributed by atoms with Crippen LogP contribution in [0.5, 0.6) is 5.75 Å². The van der Waals surface area contributed by atoms with Gasteiger partial charge in [0.1, 0.15) is 11.4 Å². The number of para-hydroxylation sites is 1. The summed E-state index contributed by atoms with van der Waals surface area (Å²) in [4.78, 5) is 17.5. The average molecular weight is 328 g/mol. The zero-order valence-corrected chi connectivity index (χ0v) is 14.2. The van der Waals surface area contributed by atoms with Crippen molar-refractivity contribution in [3.63, 3.8) is 0 Å². The number of aromatic nitrogens is 1. The first-order valence-corrected chi connectivity index (χ1v) is 8.43. The van der Waals surface area contributed by atoms with E-state index in [9.17, 15) is 4.79 Å². The van der Waals surface area contributed by atoms with Crippen molar-refractivity contribution in [2.45, 2.75) is 13.8 Å². The smallest absolute Gasteiger partial charge is 0.270 e. The third kappa shape index (κ3) is 3.79. The molecule has 3 rings (SSSR count). The lowest BCUT2D eigenvalue weighted by atomic mass is 10.1. The van der Waals surface area contributed by atoms with E-state index in [0.717, 1.165) is 16.9 Å². The fourth-order valence-corrected chi connectivity index (χ4v) is 2.70. The van der Waals surface area contributed by atoms with E-state index in [1.165, 1.54) is 0 Å². The van der Waals surface area contributed by atoms with E-state index in [1.54, 1.807) is 0 Å². The molecule has 0 spiro atoms. The minimum Gasteiger partial charge on any atom is -0.493 e. The maximum Gasteiger partial charge on any atom is 0.270 e. The van der Waals surface area contributed by atoms with E-state index in [-0.39, 0.29) is 5.91 Å². The SMILES string of the molecule is CC(C)COc1ccccc1-c1c[nH]c(C(=O)N2CCOCC2)c1. The molecule has 1 aromatic heterocycles. The molecule has 0 radical (unpaired) electrons. The molecule has 0 aliphatic carbocycles. The van der Waals surface area contributed by atoms with Gasteiger partial charge in [0.05, 0.1) is 19.8 Å². The minimum atomic E-state index is 0.0186. The Morgan fingerprint density at radius 2 is 2.04 bits per heavy atom. The number of carbonyl (C=O) groups is 1. The molecule has 24 heavy (non-hydrogen) atoms. The van der Waals surface area contributed by atoms with Gasteiger partial charge in [0.15, 0.2) is 0 Å². The first-order chi connectivity index (χ1) is 11.6. The van der Waals surface area contributed by atoms with Gasteiger partial charge in [0.25, 0.3) is 5.91 Å². The van der Waals surface area contributed by atoms with Gasteiger partial charge in [0.2, 0.25) is 0 Å². The summed E-state index contributed by atoms with van der Waals surface area (Å²) in [6, 6.07) is 9.82. The minimum absolute atomic E-state index is 0.0186. The van der Waals surface area contributed by atoms with Crippen LogP contribution in [0.25, 0.3) is 11.1 Å². The average Bonchev–Trinajstić information content (AvgIpc) is 3.10. The Bertz CT molecular complexity index is 687. The number of carbonyl (C=O) groups excluding carboxylic acids is 1. The fourth-order valence-electron chi connectivity index (χ4n) is 2.70. The van der Waals surface area contributed by atoms with E-state index in [1.807, 2.05) is 41.4 Å². The molecule has 1 saturated heterocycles. The first kappa shape index (κ1) is 16.6. The van der Waals surface area contributed by atoms with Crippen LogP contribution in [0, 0.1) is 5.92 Å². The van der Waals surface area contributed by atoms with Crippen LogP contribution in [0.2, 0.25) is 0 Å². The van der Waals surface area contributed by atoms with Crippen molar-refractivity contribution in [1.29, 1.82) is 0 Å². The number of amides is 1. The van der Waals surface area contributed by atoms with Gasteiger partial charge in [-0.1, -0.05) is 32.0 Å². The Morgan fingerprint density at radius 3 is 2.79 bits per heavy atom. The predicted molar refractivity (Wildman–Crippen MR) is 93.3 cm³/mol. The van der Waals surface area contributed by atoms with E-state index in [2.05, 4.69) is 18.8 Å². The van der Waals surface area contributed by atoms with Crippen LogP contribution in [0.3, 0.4) is 0 Å². The van der Waals surface area contributed by atoms with Crippen molar-refractivity contribution in [3.8, 4) is 16.9 Å². The van der Waals surface area contributed by atoms with Crippen molar-refractivity contribution in [2.75, 3.05) is 32.9 Å². The van der Waals surface area contributed by atoms with Gasteiger partial charge in [0, 0.05) is 30.4 Å². The molecular formula is C19H24N2O3. The summed E-state index contributed by atoms with van der Waals surface area (Å²) in [5.41, 5.74) is 2.56. The lowest BCUT2D eigenvalue weighted by Crippen LogP contribution is -2.40. The van der Waals surface area contributed by atoms with Crippen LogP contribution < -0.4 is 4.74 Å². The molecule has 5 heteroatoms. The molecule has 1 fully saturated rings. The van der Waals surface area contributed by atoms with Crippen LogP contribution in [0.15, 0.2) is 36.5 Å². The van der Waals surface area contributed by atoms with Crippen molar-refractivity contribution in [3.05, 3.63) is 42.2 Å². The van der Waals surface area contributed by atoms with Gasteiger partial charge in [-0.3, -0.25) is 4.79 Å². The highest BCUT2D eigenvalue weighted by Crippen LogP contribution is 2.30. The number of morpholine rings is 1. The highest BCUT2D eigenvalue weighted by Gasteiger charge is 2.20. The quantitative estimate of drug-likeness (QED) is 0.917. The molecule has 128 valence electrons. The Balaban J connectivity index is 1.79. The Kier molecular flexibility index (Phi) is 5.20. The van der Waals surface area contributed by atoms with Crippen molar-refractivity contribution < 1.29 is 14.3 Å². The molecule has 1 amide bonds. The van der Waals surface area contributed by atoms with Gasteiger partial charge < -0.3 is 19.4 Å². The number of aromatic amines is 1. The number of nitrogens with zero attached hydrogens (tertiary/aromatic N) is 1. The van der Waals surface area contributed by atoms with Crippen LogP contribution in [0.4, 0.5) is 0 Å². The van der Waals surface area contributed by atoms with E-state index >= 15 is 0 Å². The molecule has 1 N–H and O–H groups in total. The van der Waals surface area contributed by atoms with Gasteiger partial charge in [-0.05, 0) is 18.1 Å². The summed E-state index contributed by atoms with van der Waals surface area (Å²) in [6.07, 6.45) is 1.87. The summed E-state index contributed by atoms with van der Waals surface area (Å²) in [7, 11) is 0. The molecule has 5 nitrogen and oxygen atoms in total. The highest BCUT2D eigenvalue weighted by molar-refractivity contribution is 5.94. The molecule has 2 heterocycles. The van der Waals surface area contributed by atoms with Gasteiger partial charge in [-0.25, -0.2) is 0 Å². The van der Waals surface area contributed by atoms with Gasteiger partial charge in [-0.2, -0.15) is 0 Å². The van der Waals surface area contributed by atoms with Crippen LogP contribution in [0.1, 0.15) is 24.3 Å². The number of benzene rings is 1. The normalized spacial score (nSPS) is 14.9. The van der Waals surface area contributed by atoms with Crippen molar-refractivity contribution >= 4 is 5.91 Å².